The highest BCUT2D eigenvalue weighted by Gasteiger charge is 2.07. The molecule has 3 heteroatoms. The standard InChI is InChI=1S/C14H11NOS/c16-11-7-4-8-12-14(11)15-13(17-12)9-10-5-2-1-3-6-10/h1-8,16H,9H2. The van der Waals surface area contributed by atoms with Gasteiger partial charge in [-0.2, -0.15) is 0 Å². The molecule has 0 aliphatic carbocycles. The summed E-state index contributed by atoms with van der Waals surface area (Å²) in [5.74, 6) is 0.262. The molecule has 17 heavy (non-hydrogen) atoms. The summed E-state index contributed by atoms with van der Waals surface area (Å²) in [7, 11) is 0. The van der Waals surface area contributed by atoms with Crippen LogP contribution in [0.25, 0.3) is 10.2 Å². The highest BCUT2D eigenvalue weighted by atomic mass is 32.1. The Morgan fingerprint density at radius 3 is 2.59 bits per heavy atom. The van der Waals surface area contributed by atoms with E-state index in [9.17, 15) is 5.11 Å². The molecule has 2 nitrogen and oxygen atoms in total. The van der Waals surface area contributed by atoms with Gasteiger partial charge in [0, 0.05) is 6.42 Å². The van der Waals surface area contributed by atoms with E-state index in [1.807, 2.05) is 30.3 Å². The Bertz CT molecular complexity index is 646. The minimum atomic E-state index is 0.262. The van der Waals surface area contributed by atoms with Crippen molar-refractivity contribution in [2.45, 2.75) is 6.42 Å². The van der Waals surface area contributed by atoms with Crippen LogP contribution >= 0.6 is 11.3 Å². The SMILES string of the molecule is Oc1cccc2sc(Cc3ccccc3)nc12. The number of rotatable bonds is 2. The molecule has 0 aliphatic heterocycles. The fourth-order valence-corrected chi connectivity index (χ4v) is 2.85. The number of nitrogens with zero attached hydrogens (tertiary/aromatic N) is 1. The Labute approximate surface area is 103 Å². The van der Waals surface area contributed by atoms with Gasteiger partial charge >= 0.3 is 0 Å². The van der Waals surface area contributed by atoms with E-state index in [-0.39, 0.29) is 5.75 Å². The van der Waals surface area contributed by atoms with Crippen LogP contribution in [0.1, 0.15) is 10.6 Å². The molecule has 0 fully saturated rings. The summed E-state index contributed by atoms with van der Waals surface area (Å²) in [5.41, 5.74) is 1.95. The van der Waals surface area contributed by atoms with Crippen LogP contribution in [0.15, 0.2) is 48.5 Å². The topological polar surface area (TPSA) is 33.1 Å². The zero-order chi connectivity index (χ0) is 11.7. The molecule has 1 N–H and O–H groups in total. The maximum Gasteiger partial charge on any atom is 0.142 e. The number of para-hydroxylation sites is 1. The summed E-state index contributed by atoms with van der Waals surface area (Å²) in [6.07, 6.45) is 0.819. The number of phenolic OH excluding ortho intramolecular Hbond substituents is 1. The van der Waals surface area contributed by atoms with Gasteiger partial charge in [0.25, 0.3) is 0 Å². The molecule has 0 saturated carbocycles. The number of benzene rings is 2. The molecule has 1 aromatic heterocycles. The summed E-state index contributed by atoms with van der Waals surface area (Å²) >= 11 is 1.64. The summed E-state index contributed by atoms with van der Waals surface area (Å²) in [5, 5.41) is 10.7. The molecule has 0 unspecified atom stereocenters. The number of aromatic nitrogens is 1. The van der Waals surface area contributed by atoms with Crippen molar-refractivity contribution < 1.29 is 5.11 Å². The van der Waals surface area contributed by atoms with Gasteiger partial charge in [-0.25, -0.2) is 4.98 Å². The lowest BCUT2D eigenvalue weighted by atomic mass is 10.2. The van der Waals surface area contributed by atoms with Gasteiger partial charge in [0.1, 0.15) is 11.3 Å². The van der Waals surface area contributed by atoms with Crippen LogP contribution in [0.5, 0.6) is 5.75 Å². The summed E-state index contributed by atoms with van der Waals surface area (Å²) in [4.78, 5) is 4.48. The van der Waals surface area contributed by atoms with Gasteiger partial charge in [0.15, 0.2) is 0 Å². The van der Waals surface area contributed by atoms with Crippen LogP contribution in [0.2, 0.25) is 0 Å². The van der Waals surface area contributed by atoms with Crippen molar-refractivity contribution in [2.75, 3.05) is 0 Å². The van der Waals surface area contributed by atoms with Gasteiger partial charge in [-0.3, -0.25) is 0 Å². The maximum absolute atomic E-state index is 9.69. The van der Waals surface area contributed by atoms with Gasteiger partial charge in [-0.1, -0.05) is 36.4 Å². The van der Waals surface area contributed by atoms with Crippen molar-refractivity contribution in [2.24, 2.45) is 0 Å². The second kappa shape index (κ2) is 4.18. The lowest BCUT2D eigenvalue weighted by Crippen LogP contribution is -1.85. The van der Waals surface area contributed by atoms with Gasteiger partial charge in [0.2, 0.25) is 0 Å². The van der Waals surface area contributed by atoms with Gasteiger partial charge in [0.05, 0.1) is 9.71 Å². The third-order valence-electron chi connectivity index (χ3n) is 2.64. The van der Waals surface area contributed by atoms with Crippen molar-refractivity contribution in [3.63, 3.8) is 0 Å². The number of thiazole rings is 1. The molecule has 1 heterocycles. The lowest BCUT2D eigenvalue weighted by Gasteiger charge is -1.95. The summed E-state index contributed by atoms with van der Waals surface area (Å²) in [6, 6.07) is 15.8. The number of phenols is 1. The monoisotopic (exact) mass is 241 g/mol. The fraction of sp³-hybridized carbons (Fsp3) is 0.0714. The zero-order valence-corrected chi connectivity index (χ0v) is 9.95. The van der Waals surface area contributed by atoms with Crippen LogP contribution in [0, 0.1) is 0 Å². The third-order valence-corrected chi connectivity index (χ3v) is 3.66. The molecule has 0 radical (unpaired) electrons. The Kier molecular flexibility index (Phi) is 2.53. The summed E-state index contributed by atoms with van der Waals surface area (Å²) < 4.78 is 1.04. The van der Waals surface area contributed by atoms with E-state index in [1.165, 1.54) is 5.56 Å². The number of fused-ring (bicyclic) bond motifs is 1. The number of hydrogen-bond donors (Lipinski definition) is 1. The molecule has 0 saturated heterocycles. The van der Waals surface area contributed by atoms with Crippen molar-refractivity contribution in [1.82, 2.24) is 4.98 Å². The molecule has 0 aliphatic rings. The van der Waals surface area contributed by atoms with E-state index in [2.05, 4.69) is 17.1 Å². The zero-order valence-electron chi connectivity index (χ0n) is 9.13. The first-order valence-corrected chi connectivity index (χ1v) is 6.26. The second-order valence-corrected chi connectivity index (χ2v) is 5.01. The van der Waals surface area contributed by atoms with Crippen LogP contribution in [0.4, 0.5) is 0 Å². The van der Waals surface area contributed by atoms with Crippen LogP contribution < -0.4 is 0 Å². The first kappa shape index (κ1) is 10.3. The average Bonchev–Trinajstić information content (AvgIpc) is 2.74. The third kappa shape index (κ3) is 2.01. The quantitative estimate of drug-likeness (QED) is 0.743. The molecule has 3 rings (SSSR count). The molecule has 0 amide bonds. The van der Waals surface area contributed by atoms with E-state index in [0.717, 1.165) is 16.1 Å². The predicted molar refractivity (Wildman–Crippen MR) is 70.5 cm³/mol. The lowest BCUT2D eigenvalue weighted by molar-refractivity contribution is 0.480. The van der Waals surface area contributed by atoms with Gasteiger partial charge in [-0.05, 0) is 17.7 Å². The molecule has 84 valence electrons. The Morgan fingerprint density at radius 2 is 1.82 bits per heavy atom. The molecule has 0 atom stereocenters. The largest absolute Gasteiger partial charge is 0.506 e. The van der Waals surface area contributed by atoms with Gasteiger partial charge in [-0.15, -0.1) is 11.3 Å². The fourth-order valence-electron chi connectivity index (χ4n) is 1.83. The smallest absolute Gasteiger partial charge is 0.142 e. The first-order chi connectivity index (χ1) is 8.33. The number of aromatic hydroxyl groups is 1. The van der Waals surface area contributed by atoms with E-state index < -0.39 is 0 Å². The Hall–Kier alpha value is -1.87. The molecular weight excluding hydrogens is 230 g/mol. The minimum absolute atomic E-state index is 0.262. The molecule has 0 bridgehead atoms. The molecular formula is C14H11NOS. The minimum Gasteiger partial charge on any atom is -0.506 e. The van der Waals surface area contributed by atoms with Crippen molar-refractivity contribution in [3.8, 4) is 5.75 Å². The second-order valence-electron chi connectivity index (χ2n) is 3.89. The highest BCUT2D eigenvalue weighted by molar-refractivity contribution is 7.18. The molecule has 3 aromatic rings. The normalized spacial score (nSPS) is 10.8. The maximum atomic E-state index is 9.69. The van der Waals surface area contributed by atoms with Crippen LogP contribution in [0.3, 0.4) is 0 Å². The van der Waals surface area contributed by atoms with E-state index in [0.29, 0.717) is 5.52 Å². The van der Waals surface area contributed by atoms with Crippen molar-refractivity contribution in [3.05, 3.63) is 59.1 Å². The summed E-state index contributed by atoms with van der Waals surface area (Å²) in [6.45, 7) is 0. The van der Waals surface area contributed by atoms with Crippen LogP contribution in [-0.4, -0.2) is 10.1 Å². The predicted octanol–water partition coefficient (Wildman–Crippen LogP) is 3.59. The van der Waals surface area contributed by atoms with Crippen molar-refractivity contribution >= 4 is 21.6 Å². The average molecular weight is 241 g/mol. The van der Waals surface area contributed by atoms with E-state index >= 15 is 0 Å². The van der Waals surface area contributed by atoms with Crippen LogP contribution in [-0.2, 0) is 6.42 Å². The Morgan fingerprint density at radius 1 is 1.00 bits per heavy atom. The molecule has 0 spiro atoms. The first-order valence-electron chi connectivity index (χ1n) is 5.44. The Balaban J connectivity index is 1.99. The highest BCUT2D eigenvalue weighted by Crippen LogP contribution is 2.29. The molecule has 2 aromatic carbocycles. The number of hydrogen-bond acceptors (Lipinski definition) is 3. The van der Waals surface area contributed by atoms with Crippen molar-refractivity contribution in [1.29, 1.82) is 0 Å². The van der Waals surface area contributed by atoms with Gasteiger partial charge < -0.3 is 5.11 Å². The van der Waals surface area contributed by atoms with E-state index in [4.69, 9.17) is 0 Å². The van der Waals surface area contributed by atoms with E-state index in [1.54, 1.807) is 17.4 Å².